The van der Waals surface area contributed by atoms with Crippen LogP contribution in [-0.2, 0) is 11.2 Å². The first-order chi connectivity index (χ1) is 13.6. The number of aromatic nitrogens is 2. The molecule has 1 amide bonds. The summed E-state index contributed by atoms with van der Waals surface area (Å²) >= 11 is 0. The molecule has 0 unspecified atom stereocenters. The topological polar surface area (TPSA) is 77.2 Å². The first kappa shape index (κ1) is 19.5. The average Bonchev–Trinajstić information content (AvgIpc) is 3.16. The van der Waals surface area contributed by atoms with E-state index in [9.17, 15) is 9.18 Å². The number of nitrogens with one attached hydrogen (secondary N) is 1. The molecule has 0 saturated carbocycles. The number of nitrogens with zero attached hydrogens (tertiary/aromatic N) is 2. The molecule has 0 saturated heterocycles. The van der Waals surface area contributed by atoms with Crippen molar-refractivity contribution in [1.29, 1.82) is 0 Å². The molecule has 3 aromatic rings. The molecule has 0 aliphatic carbocycles. The van der Waals surface area contributed by atoms with Crippen LogP contribution in [0.3, 0.4) is 0 Å². The summed E-state index contributed by atoms with van der Waals surface area (Å²) in [6, 6.07) is 13.7. The Balaban J connectivity index is 1.34. The van der Waals surface area contributed by atoms with Gasteiger partial charge in [0.15, 0.2) is 0 Å². The predicted molar refractivity (Wildman–Crippen MR) is 102 cm³/mol. The Labute approximate surface area is 162 Å². The second kappa shape index (κ2) is 9.64. The average molecular weight is 383 g/mol. The maximum atomic E-state index is 13.0. The van der Waals surface area contributed by atoms with E-state index in [1.807, 2.05) is 31.2 Å². The Kier molecular flexibility index (Phi) is 6.73. The zero-order valence-electron chi connectivity index (χ0n) is 15.7. The molecule has 0 fully saturated rings. The molecule has 0 radical (unpaired) electrons. The van der Waals surface area contributed by atoms with Gasteiger partial charge in [0, 0.05) is 24.9 Å². The number of ether oxygens (including phenoxy) is 1. The van der Waals surface area contributed by atoms with Gasteiger partial charge in [0.25, 0.3) is 0 Å². The summed E-state index contributed by atoms with van der Waals surface area (Å²) in [7, 11) is 0. The highest BCUT2D eigenvalue weighted by molar-refractivity contribution is 5.75. The Morgan fingerprint density at radius 2 is 2.04 bits per heavy atom. The lowest BCUT2D eigenvalue weighted by Gasteiger charge is -2.07. The largest absolute Gasteiger partial charge is 0.494 e. The normalized spacial score (nSPS) is 10.6. The van der Waals surface area contributed by atoms with E-state index >= 15 is 0 Å². The Morgan fingerprint density at radius 1 is 1.21 bits per heavy atom. The summed E-state index contributed by atoms with van der Waals surface area (Å²) in [6.07, 6.45) is 1.32. The molecule has 28 heavy (non-hydrogen) atoms. The van der Waals surface area contributed by atoms with Crippen molar-refractivity contribution < 1.29 is 18.4 Å². The van der Waals surface area contributed by atoms with Gasteiger partial charge in [-0.05, 0) is 55.3 Å². The van der Waals surface area contributed by atoms with Crippen LogP contribution in [0.15, 0.2) is 53.1 Å². The summed E-state index contributed by atoms with van der Waals surface area (Å²) in [5.74, 6) is 1.17. The number of hydrogen-bond acceptors (Lipinski definition) is 5. The van der Waals surface area contributed by atoms with E-state index in [1.54, 1.807) is 12.1 Å². The van der Waals surface area contributed by atoms with Crippen molar-refractivity contribution in [2.75, 3.05) is 13.2 Å². The molecule has 146 valence electrons. The van der Waals surface area contributed by atoms with Crippen molar-refractivity contribution in [2.45, 2.75) is 26.2 Å². The van der Waals surface area contributed by atoms with Crippen molar-refractivity contribution in [3.63, 3.8) is 0 Å². The van der Waals surface area contributed by atoms with E-state index in [0.717, 1.165) is 17.7 Å². The molecular weight excluding hydrogens is 361 g/mol. The van der Waals surface area contributed by atoms with Gasteiger partial charge in [-0.1, -0.05) is 17.3 Å². The fraction of sp³-hybridized carbons (Fsp3) is 0.286. The van der Waals surface area contributed by atoms with Crippen LogP contribution in [0, 0.1) is 12.7 Å². The Bertz CT molecular complexity index is 909. The van der Waals surface area contributed by atoms with E-state index in [-0.39, 0.29) is 18.1 Å². The number of amides is 1. The van der Waals surface area contributed by atoms with Crippen LogP contribution < -0.4 is 10.1 Å². The minimum absolute atomic E-state index is 0.0860. The van der Waals surface area contributed by atoms with Crippen molar-refractivity contribution >= 4 is 5.91 Å². The Hall–Kier alpha value is -3.22. The smallest absolute Gasteiger partial charge is 0.227 e. The predicted octanol–water partition coefficient (Wildman–Crippen LogP) is 3.70. The van der Waals surface area contributed by atoms with Gasteiger partial charge < -0.3 is 14.6 Å². The number of hydrogen-bond donors (Lipinski definition) is 1. The maximum Gasteiger partial charge on any atom is 0.227 e. The van der Waals surface area contributed by atoms with E-state index in [4.69, 9.17) is 9.26 Å². The monoisotopic (exact) mass is 383 g/mol. The molecule has 0 atom stereocenters. The van der Waals surface area contributed by atoms with Crippen molar-refractivity contribution in [3.05, 3.63) is 65.8 Å². The first-order valence-electron chi connectivity index (χ1n) is 9.15. The molecule has 0 aliphatic heterocycles. The van der Waals surface area contributed by atoms with Gasteiger partial charge in [-0.3, -0.25) is 4.79 Å². The van der Waals surface area contributed by atoms with Crippen LogP contribution in [-0.4, -0.2) is 29.2 Å². The van der Waals surface area contributed by atoms with Crippen molar-refractivity contribution in [1.82, 2.24) is 15.5 Å². The summed E-state index contributed by atoms with van der Waals surface area (Å²) < 4.78 is 23.7. The van der Waals surface area contributed by atoms with Crippen molar-refractivity contribution in [2.24, 2.45) is 0 Å². The van der Waals surface area contributed by atoms with E-state index < -0.39 is 0 Å². The number of benzene rings is 2. The minimum Gasteiger partial charge on any atom is -0.494 e. The molecule has 3 rings (SSSR count). The quantitative estimate of drug-likeness (QED) is 0.570. The Morgan fingerprint density at radius 3 is 2.82 bits per heavy atom. The lowest BCUT2D eigenvalue weighted by molar-refractivity contribution is -0.121. The highest BCUT2D eigenvalue weighted by Crippen LogP contribution is 2.16. The first-order valence-corrected chi connectivity index (χ1v) is 9.15. The van der Waals surface area contributed by atoms with Crippen molar-refractivity contribution in [3.8, 4) is 17.1 Å². The number of halogens is 1. The third kappa shape index (κ3) is 5.90. The zero-order valence-corrected chi connectivity index (χ0v) is 15.7. The third-order valence-corrected chi connectivity index (χ3v) is 4.04. The van der Waals surface area contributed by atoms with Gasteiger partial charge in [0.2, 0.25) is 17.6 Å². The van der Waals surface area contributed by atoms with E-state index in [2.05, 4.69) is 15.5 Å². The fourth-order valence-electron chi connectivity index (χ4n) is 2.58. The lowest BCUT2D eigenvalue weighted by Crippen LogP contribution is -2.25. The molecule has 0 aliphatic rings. The van der Waals surface area contributed by atoms with Crippen LogP contribution in [0.1, 0.15) is 24.3 Å². The molecule has 1 N–H and O–H groups in total. The second-order valence-electron chi connectivity index (χ2n) is 6.39. The lowest BCUT2D eigenvalue weighted by atomic mass is 10.2. The number of rotatable bonds is 9. The molecule has 7 heteroatoms. The van der Waals surface area contributed by atoms with Gasteiger partial charge in [-0.25, -0.2) is 4.39 Å². The molecule has 1 aromatic heterocycles. The SMILES string of the molecule is Cc1cccc(OCCCNC(=O)CCc2nc(-c3ccc(F)cc3)no2)c1. The minimum atomic E-state index is -0.326. The highest BCUT2D eigenvalue weighted by atomic mass is 19.1. The van der Waals surface area contributed by atoms with Gasteiger partial charge in [0.1, 0.15) is 11.6 Å². The number of aryl methyl sites for hydroxylation is 2. The fourth-order valence-corrected chi connectivity index (χ4v) is 2.58. The molecule has 2 aromatic carbocycles. The summed E-state index contributed by atoms with van der Waals surface area (Å²) in [5, 5.41) is 6.70. The van der Waals surface area contributed by atoms with Crippen LogP contribution >= 0.6 is 0 Å². The van der Waals surface area contributed by atoms with Gasteiger partial charge in [0.05, 0.1) is 6.61 Å². The second-order valence-corrected chi connectivity index (χ2v) is 6.39. The number of carbonyl (C=O) groups excluding carboxylic acids is 1. The highest BCUT2D eigenvalue weighted by Gasteiger charge is 2.10. The molecular formula is C21H22FN3O3. The summed E-state index contributed by atoms with van der Waals surface area (Å²) in [5.41, 5.74) is 1.81. The summed E-state index contributed by atoms with van der Waals surface area (Å²) in [6.45, 7) is 3.09. The van der Waals surface area contributed by atoms with Crippen LogP contribution in [0.25, 0.3) is 11.4 Å². The molecule has 1 heterocycles. The third-order valence-electron chi connectivity index (χ3n) is 4.04. The van der Waals surface area contributed by atoms with E-state index in [0.29, 0.717) is 36.9 Å². The van der Waals surface area contributed by atoms with E-state index in [1.165, 1.54) is 12.1 Å². The van der Waals surface area contributed by atoms with Gasteiger partial charge in [-0.15, -0.1) is 0 Å². The maximum absolute atomic E-state index is 13.0. The summed E-state index contributed by atoms with van der Waals surface area (Å²) in [4.78, 5) is 16.2. The van der Waals surface area contributed by atoms with Crippen LogP contribution in [0.4, 0.5) is 4.39 Å². The number of carbonyl (C=O) groups is 1. The zero-order chi connectivity index (χ0) is 19.8. The van der Waals surface area contributed by atoms with Gasteiger partial charge in [-0.2, -0.15) is 4.98 Å². The van der Waals surface area contributed by atoms with Crippen LogP contribution in [0.2, 0.25) is 0 Å². The molecule has 0 spiro atoms. The van der Waals surface area contributed by atoms with Gasteiger partial charge >= 0.3 is 0 Å². The standard InChI is InChI=1S/C21H22FN3O3/c1-15-4-2-5-18(14-15)27-13-3-12-23-19(26)10-11-20-24-21(25-28-20)16-6-8-17(22)9-7-16/h2,4-9,14H,3,10-13H2,1H3,(H,23,26). The molecule has 0 bridgehead atoms. The molecule has 6 nitrogen and oxygen atoms in total. The van der Waals surface area contributed by atoms with Crippen LogP contribution in [0.5, 0.6) is 5.75 Å².